The highest BCUT2D eigenvalue weighted by Crippen LogP contribution is 2.26. The first-order valence-electron chi connectivity index (χ1n) is 4.08. The lowest BCUT2D eigenvalue weighted by Gasteiger charge is -2.20. The van der Waals surface area contributed by atoms with Crippen LogP contribution in [-0.4, -0.2) is 20.1 Å². The Morgan fingerprint density at radius 1 is 1.22 bits per heavy atom. The van der Waals surface area contributed by atoms with Gasteiger partial charge < -0.3 is 4.65 Å². The van der Waals surface area contributed by atoms with E-state index in [2.05, 4.69) is 4.65 Å². The lowest BCUT2D eigenvalue weighted by molar-refractivity contribution is 0.499. The van der Waals surface area contributed by atoms with Crippen molar-refractivity contribution in [3.8, 4) is 0 Å². The van der Waals surface area contributed by atoms with Gasteiger partial charge in [0.15, 0.2) is 0 Å². The van der Waals surface area contributed by atoms with Crippen molar-refractivity contribution in [1.82, 2.24) is 4.65 Å². The summed E-state index contributed by atoms with van der Waals surface area (Å²) in [6, 6.07) is 0. The summed E-state index contributed by atoms with van der Waals surface area (Å²) in [6.07, 6.45) is 7.62. The van der Waals surface area contributed by atoms with Gasteiger partial charge in [0.05, 0.1) is 20.1 Å². The van der Waals surface area contributed by atoms with Crippen molar-refractivity contribution in [1.29, 1.82) is 0 Å². The average Bonchev–Trinajstić information content (AvgIpc) is 1.91. The van der Waals surface area contributed by atoms with Crippen LogP contribution >= 0.6 is 0 Å². The van der Waals surface area contributed by atoms with Gasteiger partial charge in [-0.15, -0.1) is 0 Å². The Labute approximate surface area is 63.0 Å². The first-order valence-corrected chi connectivity index (χ1v) is 6.60. The molecule has 0 aromatic heterocycles. The Kier molecular flexibility index (Phi) is 3.54. The van der Waals surface area contributed by atoms with Crippen molar-refractivity contribution >= 4 is 20.1 Å². The van der Waals surface area contributed by atoms with Gasteiger partial charge in [-0.2, -0.15) is 0 Å². The molecule has 1 saturated carbocycles. The minimum absolute atomic E-state index is 0.188. The molecule has 0 radical (unpaired) electrons. The van der Waals surface area contributed by atoms with Crippen LogP contribution in [0.4, 0.5) is 0 Å². The molecule has 54 valence electrons. The standard InChI is InChI=1S/C6H17NSi2/c8-7-9-6-4-2-1-3-5-6/h6-7H,1-5,9H2,8H3. The summed E-state index contributed by atoms with van der Waals surface area (Å²) in [7, 11) is 1.42. The Morgan fingerprint density at radius 3 is 2.44 bits per heavy atom. The third-order valence-corrected chi connectivity index (χ3v) is 5.24. The monoisotopic (exact) mass is 159 g/mol. The summed E-state index contributed by atoms with van der Waals surface area (Å²) < 4.78 is 3.52. The van der Waals surface area contributed by atoms with Crippen molar-refractivity contribution in [3.63, 3.8) is 0 Å². The molecule has 0 aromatic carbocycles. The average molecular weight is 159 g/mol. The highest BCUT2D eigenvalue weighted by molar-refractivity contribution is 6.43. The van der Waals surface area contributed by atoms with Crippen LogP contribution in [0.2, 0.25) is 5.54 Å². The second kappa shape index (κ2) is 4.25. The van der Waals surface area contributed by atoms with E-state index >= 15 is 0 Å². The SMILES string of the molecule is [SiH3]N[SiH2]C1CCCCC1. The number of nitrogens with one attached hydrogen (secondary N) is 1. The molecule has 0 amide bonds. The van der Waals surface area contributed by atoms with Gasteiger partial charge in [0.25, 0.3) is 0 Å². The topological polar surface area (TPSA) is 12.0 Å². The second-order valence-corrected chi connectivity index (χ2v) is 7.45. The Bertz CT molecular complexity index is 68.7. The van der Waals surface area contributed by atoms with E-state index in [9.17, 15) is 0 Å². The van der Waals surface area contributed by atoms with Gasteiger partial charge in [0.1, 0.15) is 0 Å². The molecule has 1 fully saturated rings. The van der Waals surface area contributed by atoms with E-state index in [-0.39, 0.29) is 9.68 Å². The van der Waals surface area contributed by atoms with Gasteiger partial charge in [-0.05, 0) is 5.54 Å². The van der Waals surface area contributed by atoms with Crippen LogP contribution in [0.25, 0.3) is 0 Å². The van der Waals surface area contributed by atoms with Crippen LogP contribution in [0.3, 0.4) is 0 Å². The van der Waals surface area contributed by atoms with Crippen LogP contribution in [-0.2, 0) is 0 Å². The fraction of sp³-hybridized carbons (Fsp3) is 1.00. The van der Waals surface area contributed by atoms with Crippen molar-refractivity contribution in [2.45, 2.75) is 37.6 Å². The Balaban J connectivity index is 2.08. The molecule has 0 bridgehead atoms. The lowest BCUT2D eigenvalue weighted by atomic mass is 10.0. The molecule has 0 saturated heterocycles. The fourth-order valence-corrected chi connectivity index (χ4v) is 4.97. The predicted octanol–water partition coefficient (Wildman–Crippen LogP) is -0.307. The molecule has 0 heterocycles. The third kappa shape index (κ3) is 2.64. The summed E-state index contributed by atoms with van der Waals surface area (Å²) in [4.78, 5) is 0. The van der Waals surface area contributed by atoms with Gasteiger partial charge >= 0.3 is 0 Å². The maximum atomic E-state index is 3.52. The molecule has 0 atom stereocenters. The maximum absolute atomic E-state index is 3.52. The summed E-state index contributed by atoms with van der Waals surface area (Å²) in [6.45, 7) is 0. The molecule has 3 heteroatoms. The van der Waals surface area contributed by atoms with Crippen LogP contribution in [0, 0.1) is 0 Å². The molecule has 9 heavy (non-hydrogen) atoms. The third-order valence-electron chi connectivity index (χ3n) is 2.22. The predicted molar refractivity (Wildman–Crippen MR) is 48.5 cm³/mol. The molecule has 1 aliphatic carbocycles. The minimum atomic E-state index is 0.188. The molecule has 1 N–H and O–H groups in total. The van der Waals surface area contributed by atoms with Gasteiger partial charge in [0.2, 0.25) is 0 Å². The van der Waals surface area contributed by atoms with Crippen molar-refractivity contribution in [3.05, 3.63) is 0 Å². The molecule has 1 aliphatic rings. The minimum Gasteiger partial charge on any atom is -0.371 e. The summed E-state index contributed by atoms with van der Waals surface area (Å²) in [5.74, 6) is 0. The van der Waals surface area contributed by atoms with Gasteiger partial charge in [-0.1, -0.05) is 32.1 Å². The quantitative estimate of drug-likeness (QED) is 0.545. The maximum Gasteiger partial charge on any atom is 0.0874 e. The zero-order chi connectivity index (χ0) is 6.53. The molecule has 0 aromatic rings. The van der Waals surface area contributed by atoms with Gasteiger partial charge in [-0.3, -0.25) is 0 Å². The highest BCUT2D eigenvalue weighted by atomic mass is 28.3. The summed E-state index contributed by atoms with van der Waals surface area (Å²) in [5.41, 5.74) is 1.16. The van der Waals surface area contributed by atoms with E-state index in [1.54, 1.807) is 12.8 Å². The number of hydrogen-bond acceptors (Lipinski definition) is 1. The molecular weight excluding hydrogens is 142 g/mol. The first-order chi connectivity index (χ1) is 4.43. The largest absolute Gasteiger partial charge is 0.371 e. The summed E-state index contributed by atoms with van der Waals surface area (Å²) in [5, 5.41) is 0. The second-order valence-electron chi connectivity index (χ2n) is 3.06. The van der Waals surface area contributed by atoms with E-state index in [1.807, 2.05) is 0 Å². The Morgan fingerprint density at radius 2 is 1.89 bits per heavy atom. The van der Waals surface area contributed by atoms with E-state index in [0.29, 0.717) is 0 Å². The van der Waals surface area contributed by atoms with E-state index < -0.39 is 0 Å². The van der Waals surface area contributed by atoms with E-state index in [4.69, 9.17) is 0 Å². The normalized spacial score (nSPS) is 24.0. The van der Waals surface area contributed by atoms with Crippen LogP contribution in [0.15, 0.2) is 0 Å². The summed E-state index contributed by atoms with van der Waals surface area (Å²) >= 11 is 0. The van der Waals surface area contributed by atoms with E-state index in [1.165, 1.54) is 29.7 Å². The highest BCUT2D eigenvalue weighted by Gasteiger charge is 2.11. The molecule has 1 nitrogen and oxygen atoms in total. The van der Waals surface area contributed by atoms with Gasteiger partial charge in [-0.25, -0.2) is 0 Å². The fourth-order valence-electron chi connectivity index (χ4n) is 1.68. The van der Waals surface area contributed by atoms with E-state index in [0.717, 1.165) is 5.54 Å². The Hall–Kier alpha value is 0.394. The lowest BCUT2D eigenvalue weighted by Crippen LogP contribution is -2.22. The van der Waals surface area contributed by atoms with Crippen molar-refractivity contribution in [2.75, 3.05) is 0 Å². The molecular formula is C6H17NSi2. The zero-order valence-electron chi connectivity index (χ0n) is 6.32. The van der Waals surface area contributed by atoms with Crippen molar-refractivity contribution in [2.24, 2.45) is 0 Å². The molecule has 0 spiro atoms. The zero-order valence-corrected chi connectivity index (χ0v) is 9.73. The van der Waals surface area contributed by atoms with Gasteiger partial charge in [0, 0.05) is 0 Å². The number of rotatable bonds is 2. The van der Waals surface area contributed by atoms with Crippen LogP contribution < -0.4 is 4.65 Å². The molecule has 0 aliphatic heterocycles. The smallest absolute Gasteiger partial charge is 0.0874 e. The molecule has 1 rings (SSSR count). The molecule has 0 unspecified atom stereocenters. The number of hydrogen-bond donors (Lipinski definition) is 1. The first kappa shape index (κ1) is 7.50. The van der Waals surface area contributed by atoms with Crippen LogP contribution in [0.1, 0.15) is 32.1 Å². The van der Waals surface area contributed by atoms with Crippen molar-refractivity contribution < 1.29 is 0 Å². The van der Waals surface area contributed by atoms with Crippen LogP contribution in [0.5, 0.6) is 0 Å².